The molecule has 7 heteroatoms. The number of hydrogen-bond acceptors (Lipinski definition) is 4. The molecule has 2 heterocycles. The number of carbonyl (C=O) groups excluding carboxylic acids is 1. The van der Waals surface area contributed by atoms with Crippen molar-refractivity contribution >= 4 is 28.5 Å². The summed E-state index contributed by atoms with van der Waals surface area (Å²) >= 11 is 0. The van der Waals surface area contributed by atoms with Gasteiger partial charge in [-0.2, -0.15) is 0 Å². The van der Waals surface area contributed by atoms with Crippen LogP contribution in [0.5, 0.6) is 0 Å². The number of hydrogen-bond donors (Lipinski definition) is 2. The van der Waals surface area contributed by atoms with Crippen molar-refractivity contribution in [3.63, 3.8) is 0 Å². The minimum Gasteiger partial charge on any atom is -0.479 e. The van der Waals surface area contributed by atoms with Gasteiger partial charge in [0.15, 0.2) is 6.10 Å². The number of carbonyl (C=O) groups is 2. The van der Waals surface area contributed by atoms with Crippen LogP contribution in [0.25, 0.3) is 22.0 Å². The van der Waals surface area contributed by atoms with Gasteiger partial charge in [-0.25, -0.2) is 4.79 Å². The Labute approximate surface area is 237 Å². The van der Waals surface area contributed by atoms with Crippen molar-refractivity contribution in [2.75, 3.05) is 25.0 Å². The van der Waals surface area contributed by atoms with Gasteiger partial charge in [-0.1, -0.05) is 49.1 Å². The second-order valence-corrected chi connectivity index (χ2v) is 12.7. The van der Waals surface area contributed by atoms with E-state index in [1.807, 2.05) is 72.0 Å². The van der Waals surface area contributed by atoms with Gasteiger partial charge in [-0.15, -0.1) is 0 Å². The Morgan fingerprint density at radius 2 is 1.75 bits per heavy atom. The molecule has 1 atom stereocenters. The number of amides is 1. The molecular formula is C33H43N3O4. The molecule has 0 saturated heterocycles. The third kappa shape index (κ3) is 5.36. The zero-order chi connectivity index (χ0) is 28.8. The smallest absolute Gasteiger partial charge is 0.337 e. The van der Waals surface area contributed by atoms with E-state index in [1.54, 1.807) is 0 Å². The zero-order valence-corrected chi connectivity index (χ0v) is 24.8. The van der Waals surface area contributed by atoms with Crippen LogP contribution in [0, 0.1) is 19.8 Å². The molecule has 5 rings (SSSR count). The van der Waals surface area contributed by atoms with Crippen LogP contribution in [0.4, 0.5) is 5.69 Å². The van der Waals surface area contributed by atoms with Gasteiger partial charge < -0.3 is 24.6 Å². The first-order valence-electron chi connectivity index (χ1n) is 14.6. The number of likely N-dealkylation sites (N-methyl/N-ethyl adjacent to an activating group) is 1. The molecule has 1 aliphatic heterocycles. The Bertz CT molecular complexity index is 1430. The van der Waals surface area contributed by atoms with Crippen LogP contribution in [0.1, 0.15) is 86.2 Å². The summed E-state index contributed by atoms with van der Waals surface area (Å²) in [4.78, 5) is 28.7. The zero-order valence-electron chi connectivity index (χ0n) is 24.8. The van der Waals surface area contributed by atoms with Gasteiger partial charge >= 0.3 is 5.97 Å². The molecule has 0 bridgehead atoms. The summed E-state index contributed by atoms with van der Waals surface area (Å²) < 4.78 is 8.37. The van der Waals surface area contributed by atoms with E-state index in [4.69, 9.17) is 4.74 Å². The van der Waals surface area contributed by atoms with Gasteiger partial charge in [0.25, 0.3) is 5.91 Å². The number of aryl methyl sites for hydroxylation is 1. The monoisotopic (exact) mass is 545 g/mol. The number of benzene rings is 2. The van der Waals surface area contributed by atoms with Gasteiger partial charge in [0.1, 0.15) is 5.69 Å². The first-order chi connectivity index (χ1) is 19.0. The molecule has 0 unspecified atom stereocenters. The summed E-state index contributed by atoms with van der Waals surface area (Å²) in [5.74, 6) is -0.554. The number of carboxylic acid groups (broad SMARTS) is 1. The Morgan fingerprint density at radius 3 is 2.38 bits per heavy atom. The van der Waals surface area contributed by atoms with E-state index in [9.17, 15) is 14.7 Å². The molecule has 0 spiro atoms. The molecule has 2 aliphatic rings. The molecular weight excluding hydrogens is 502 g/mol. The third-order valence-electron chi connectivity index (χ3n) is 8.47. The molecule has 214 valence electrons. The van der Waals surface area contributed by atoms with Crippen LogP contribution in [-0.4, -0.2) is 47.3 Å². The van der Waals surface area contributed by atoms with Crippen LogP contribution in [0.15, 0.2) is 30.3 Å². The molecule has 0 radical (unpaired) electrons. The van der Waals surface area contributed by atoms with Gasteiger partial charge in [-0.05, 0) is 76.1 Å². The molecule has 1 aromatic heterocycles. The highest BCUT2D eigenvalue weighted by Gasteiger charge is 2.36. The Balaban J connectivity index is 1.74. The maximum absolute atomic E-state index is 13.7. The van der Waals surface area contributed by atoms with Crippen LogP contribution in [-0.2, 0) is 16.1 Å². The quantitative estimate of drug-likeness (QED) is 0.348. The minimum atomic E-state index is -1.17. The highest BCUT2D eigenvalue weighted by atomic mass is 16.5. The van der Waals surface area contributed by atoms with Gasteiger partial charge in [0.2, 0.25) is 0 Å². The fourth-order valence-electron chi connectivity index (χ4n) is 6.55. The molecule has 2 N–H and O–H groups in total. The molecule has 40 heavy (non-hydrogen) atoms. The molecule has 7 nitrogen and oxygen atoms in total. The average Bonchev–Trinajstić information content (AvgIpc) is 3.29. The predicted octanol–water partition coefficient (Wildman–Crippen LogP) is 6.63. The van der Waals surface area contributed by atoms with Crippen molar-refractivity contribution < 1.29 is 19.4 Å². The van der Waals surface area contributed by atoms with E-state index in [0.717, 1.165) is 45.4 Å². The normalized spacial score (nSPS) is 16.8. The second-order valence-electron chi connectivity index (χ2n) is 12.7. The summed E-state index contributed by atoms with van der Waals surface area (Å²) in [5, 5.41) is 14.6. The summed E-state index contributed by atoms with van der Waals surface area (Å²) in [6.45, 7) is 11.8. The molecule has 3 aromatic rings. The summed E-state index contributed by atoms with van der Waals surface area (Å²) in [7, 11) is 2.04. The number of rotatable bonds is 7. The van der Waals surface area contributed by atoms with Crippen LogP contribution in [0.2, 0.25) is 0 Å². The highest BCUT2D eigenvalue weighted by molar-refractivity contribution is 6.11. The molecule has 1 aliphatic carbocycles. The van der Waals surface area contributed by atoms with Crippen molar-refractivity contribution in [2.45, 2.75) is 85.0 Å². The van der Waals surface area contributed by atoms with Crippen LogP contribution >= 0.6 is 0 Å². The molecule has 1 fully saturated rings. The van der Waals surface area contributed by atoms with E-state index >= 15 is 0 Å². The largest absolute Gasteiger partial charge is 0.479 e. The van der Waals surface area contributed by atoms with E-state index < -0.39 is 17.7 Å². The van der Waals surface area contributed by atoms with Crippen LogP contribution < -0.4 is 10.2 Å². The van der Waals surface area contributed by atoms with E-state index in [2.05, 4.69) is 14.8 Å². The topological polar surface area (TPSA) is 83.8 Å². The van der Waals surface area contributed by atoms with Crippen molar-refractivity contribution in [3.05, 3.63) is 52.7 Å². The lowest BCUT2D eigenvalue weighted by atomic mass is 9.87. The maximum atomic E-state index is 13.7. The molecule has 1 amide bonds. The highest BCUT2D eigenvalue weighted by Crippen LogP contribution is 2.47. The summed E-state index contributed by atoms with van der Waals surface area (Å²) in [5.41, 5.74) is 6.28. The third-order valence-corrected chi connectivity index (χ3v) is 8.47. The van der Waals surface area contributed by atoms with E-state index in [1.165, 1.54) is 32.1 Å². The first-order valence-corrected chi connectivity index (χ1v) is 14.6. The lowest BCUT2D eigenvalue weighted by Gasteiger charge is -2.34. The predicted molar refractivity (Wildman–Crippen MR) is 160 cm³/mol. The first kappa shape index (κ1) is 28.2. The summed E-state index contributed by atoms with van der Waals surface area (Å²) in [6.07, 6.45) is 4.93. The van der Waals surface area contributed by atoms with Crippen LogP contribution in [0.3, 0.4) is 0 Å². The molecule has 2 aromatic carbocycles. The Kier molecular flexibility index (Phi) is 7.71. The SMILES string of the molecule is Cc1ccc(-c2c([C@H](OC(C)(C)C)C(=O)O)c(C)c3c4c2cc(C(=O)NCC2CCCCC2)n4CCN3C)cc1. The number of nitrogens with zero attached hydrogens (tertiary/aromatic N) is 2. The van der Waals surface area contributed by atoms with E-state index in [-0.39, 0.29) is 5.91 Å². The van der Waals surface area contributed by atoms with Crippen molar-refractivity contribution in [2.24, 2.45) is 5.92 Å². The Morgan fingerprint density at radius 1 is 1.07 bits per heavy atom. The second kappa shape index (κ2) is 10.9. The van der Waals surface area contributed by atoms with Crippen molar-refractivity contribution in [1.82, 2.24) is 9.88 Å². The number of aromatic nitrogens is 1. The van der Waals surface area contributed by atoms with Crippen molar-refractivity contribution in [1.29, 1.82) is 0 Å². The van der Waals surface area contributed by atoms with Gasteiger partial charge in [0, 0.05) is 37.6 Å². The maximum Gasteiger partial charge on any atom is 0.337 e. The van der Waals surface area contributed by atoms with Crippen molar-refractivity contribution in [3.8, 4) is 11.1 Å². The standard InChI is InChI=1S/C33H43N3O4/c1-20-12-14-23(15-13-20)27-24-18-25(31(37)34-19-22-10-8-7-9-11-22)36-17-16-35(6)28(29(24)36)21(2)26(27)30(32(38)39)40-33(3,4)5/h12-15,18,22,30H,7-11,16-17,19H2,1-6H3,(H,34,37)(H,38,39)/t30-/m0/s1. The lowest BCUT2D eigenvalue weighted by Crippen LogP contribution is -2.34. The minimum absolute atomic E-state index is 0.0629. The average molecular weight is 546 g/mol. The number of nitrogens with one attached hydrogen (secondary N) is 1. The number of carboxylic acids is 1. The molecule has 1 saturated carbocycles. The Hall–Kier alpha value is -3.32. The number of anilines is 1. The van der Waals surface area contributed by atoms with Gasteiger partial charge in [0.05, 0.1) is 16.8 Å². The lowest BCUT2D eigenvalue weighted by molar-refractivity contribution is -0.160. The van der Waals surface area contributed by atoms with Gasteiger partial charge in [-0.3, -0.25) is 4.79 Å². The number of ether oxygens (including phenoxy) is 1. The fourth-order valence-corrected chi connectivity index (χ4v) is 6.55. The fraction of sp³-hybridized carbons (Fsp3) is 0.515. The summed E-state index contributed by atoms with van der Waals surface area (Å²) in [6, 6.07) is 10.1. The number of aliphatic carboxylic acids is 1. The van der Waals surface area contributed by atoms with E-state index in [0.29, 0.717) is 30.3 Å².